The van der Waals surface area contributed by atoms with E-state index in [-0.39, 0.29) is 5.91 Å². The maximum absolute atomic E-state index is 12.6. The highest BCUT2D eigenvalue weighted by Crippen LogP contribution is 2.25. The van der Waals surface area contributed by atoms with Crippen LogP contribution in [-0.4, -0.2) is 15.3 Å². The molecular weight excluding hydrogens is 378 g/mol. The van der Waals surface area contributed by atoms with Crippen LogP contribution in [0.1, 0.15) is 12.1 Å². The van der Waals surface area contributed by atoms with Gasteiger partial charge in [0.1, 0.15) is 0 Å². The van der Waals surface area contributed by atoms with Crippen molar-refractivity contribution in [3.8, 4) is 11.3 Å². The molecule has 5 heteroatoms. The number of hydrogen-bond donors (Lipinski definition) is 1. The summed E-state index contributed by atoms with van der Waals surface area (Å²) in [6, 6.07) is 24.2. The molecule has 0 aliphatic heterocycles. The first-order valence-corrected chi connectivity index (χ1v) is 10.4. The van der Waals surface area contributed by atoms with Crippen molar-refractivity contribution < 1.29 is 4.79 Å². The van der Waals surface area contributed by atoms with Crippen LogP contribution in [-0.2, 0) is 11.2 Å². The van der Waals surface area contributed by atoms with E-state index < -0.39 is 0 Å². The Morgan fingerprint density at radius 2 is 1.76 bits per heavy atom. The third kappa shape index (κ3) is 3.52. The molecule has 0 spiro atoms. The van der Waals surface area contributed by atoms with Crippen molar-refractivity contribution in [2.75, 3.05) is 5.32 Å². The molecule has 0 radical (unpaired) electrons. The van der Waals surface area contributed by atoms with Crippen molar-refractivity contribution in [2.45, 2.75) is 12.8 Å². The molecule has 1 amide bonds. The molecule has 4 nitrogen and oxygen atoms in total. The molecule has 0 saturated carbocycles. The Labute approximate surface area is 172 Å². The monoisotopic (exact) mass is 397 g/mol. The topological polar surface area (TPSA) is 46.4 Å². The van der Waals surface area contributed by atoms with Crippen molar-refractivity contribution >= 4 is 38.7 Å². The smallest absolute Gasteiger partial charge is 0.224 e. The second kappa shape index (κ2) is 7.53. The van der Waals surface area contributed by atoms with Crippen LogP contribution >= 0.6 is 11.3 Å². The van der Waals surface area contributed by atoms with Crippen molar-refractivity contribution in [2.24, 2.45) is 0 Å². The van der Waals surface area contributed by atoms with Crippen molar-refractivity contribution in [3.05, 3.63) is 90.1 Å². The van der Waals surface area contributed by atoms with Crippen LogP contribution in [0.25, 0.3) is 27.0 Å². The van der Waals surface area contributed by atoms with E-state index in [1.165, 1.54) is 0 Å². The van der Waals surface area contributed by atoms with Gasteiger partial charge in [0.05, 0.1) is 5.69 Å². The molecule has 0 unspecified atom stereocenters. The average Bonchev–Trinajstić information content (AvgIpc) is 3.34. The minimum absolute atomic E-state index is 0.0177. The van der Waals surface area contributed by atoms with Gasteiger partial charge in [0.15, 0.2) is 4.96 Å². The standard InChI is InChI=1S/C24H19N3OS/c28-23(25-21-12-6-10-17-7-4-5-11-20(17)21)14-13-19-16-29-24-26-22(15-27(19)24)18-8-2-1-3-9-18/h1-12,15-16H,13-14H2,(H,25,28). The summed E-state index contributed by atoms with van der Waals surface area (Å²) in [6.45, 7) is 0. The Balaban J connectivity index is 1.31. The first kappa shape index (κ1) is 17.6. The van der Waals surface area contributed by atoms with Gasteiger partial charge in [0.25, 0.3) is 0 Å². The van der Waals surface area contributed by atoms with Gasteiger partial charge < -0.3 is 5.32 Å². The summed E-state index contributed by atoms with van der Waals surface area (Å²) in [7, 11) is 0. The molecule has 5 aromatic rings. The quantitative estimate of drug-likeness (QED) is 0.408. The lowest BCUT2D eigenvalue weighted by atomic mass is 10.1. The zero-order chi connectivity index (χ0) is 19.6. The van der Waals surface area contributed by atoms with Gasteiger partial charge in [-0.2, -0.15) is 0 Å². The zero-order valence-electron chi connectivity index (χ0n) is 15.7. The molecular formula is C24H19N3OS. The number of benzene rings is 3. The molecule has 3 aromatic carbocycles. The maximum atomic E-state index is 12.6. The van der Waals surface area contributed by atoms with Gasteiger partial charge in [-0.05, 0) is 17.9 Å². The molecule has 1 N–H and O–H groups in total. The van der Waals surface area contributed by atoms with Crippen LogP contribution < -0.4 is 5.32 Å². The van der Waals surface area contributed by atoms with E-state index in [1.807, 2.05) is 48.5 Å². The van der Waals surface area contributed by atoms with Gasteiger partial charge in [-0.15, -0.1) is 11.3 Å². The number of hydrogen-bond acceptors (Lipinski definition) is 3. The lowest BCUT2D eigenvalue weighted by Gasteiger charge is -2.08. The van der Waals surface area contributed by atoms with E-state index in [4.69, 9.17) is 4.98 Å². The Morgan fingerprint density at radius 1 is 0.966 bits per heavy atom. The molecule has 0 atom stereocenters. The number of rotatable bonds is 5. The van der Waals surface area contributed by atoms with E-state index in [2.05, 4.69) is 45.6 Å². The molecule has 142 valence electrons. The van der Waals surface area contributed by atoms with E-state index in [1.54, 1.807) is 11.3 Å². The SMILES string of the molecule is O=C(CCc1csc2nc(-c3ccccc3)cn12)Nc1cccc2ccccc12. The molecule has 2 aromatic heterocycles. The fourth-order valence-electron chi connectivity index (χ4n) is 3.55. The highest BCUT2D eigenvalue weighted by atomic mass is 32.1. The molecule has 0 aliphatic carbocycles. The van der Waals surface area contributed by atoms with Crippen molar-refractivity contribution in [3.63, 3.8) is 0 Å². The molecule has 29 heavy (non-hydrogen) atoms. The highest BCUT2D eigenvalue weighted by Gasteiger charge is 2.12. The first-order chi connectivity index (χ1) is 14.3. The number of nitrogens with zero attached hydrogens (tertiary/aromatic N) is 2. The van der Waals surface area contributed by atoms with Gasteiger partial charge >= 0.3 is 0 Å². The normalized spacial score (nSPS) is 11.2. The van der Waals surface area contributed by atoms with Crippen LogP contribution in [0.4, 0.5) is 5.69 Å². The lowest BCUT2D eigenvalue weighted by molar-refractivity contribution is -0.116. The first-order valence-electron chi connectivity index (χ1n) is 9.56. The summed E-state index contributed by atoms with van der Waals surface area (Å²) in [4.78, 5) is 18.2. The van der Waals surface area contributed by atoms with E-state index in [0.717, 1.165) is 38.4 Å². The number of carbonyl (C=O) groups is 1. The van der Waals surface area contributed by atoms with Crippen LogP contribution in [0.3, 0.4) is 0 Å². The molecule has 5 rings (SSSR count). The number of nitrogens with one attached hydrogen (secondary N) is 1. The number of thiazole rings is 1. The molecule has 0 aliphatic rings. The third-order valence-electron chi connectivity index (χ3n) is 5.02. The van der Waals surface area contributed by atoms with E-state index in [0.29, 0.717) is 12.8 Å². The Bertz CT molecular complexity index is 1300. The van der Waals surface area contributed by atoms with Crippen molar-refractivity contribution in [1.82, 2.24) is 9.38 Å². The van der Waals surface area contributed by atoms with Gasteiger partial charge in [-0.3, -0.25) is 9.20 Å². The molecule has 0 bridgehead atoms. The van der Waals surface area contributed by atoms with Gasteiger partial charge in [-0.1, -0.05) is 66.7 Å². The van der Waals surface area contributed by atoms with Gasteiger partial charge in [-0.25, -0.2) is 4.98 Å². The summed E-state index contributed by atoms with van der Waals surface area (Å²) in [5.74, 6) is 0.0177. The Hall–Kier alpha value is -3.44. The summed E-state index contributed by atoms with van der Waals surface area (Å²) in [6.07, 6.45) is 3.15. The minimum Gasteiger partial charge on any atom is -0.326 e. The van der Waals surface area contributed by atoms with E-state index >= 15 is 0 Å². The third-order valence-corrected chi connectivity index (χ3v) is 5.91. The number of fused-ring (bicyclic) bond motifs is 2. The van der Waals surface area contributed by atoms with Crippen LogP contribution in [0.5, 0.6) is 0 Å². The molecule has 0 saturated heterocycles. The minimum atomic E-state index is 0.0177. The molecule has 0 fully saturated rings. The van der Waals surface area contributed by atoms with Crippen LogP contribution in [0.15, 0.2) is 84.4 Å². The van der Waals surface area contributed by atoms with Gasteiger partial charge in [0, 0.05) is 40.3 Å². The fourth-order valence-corrected chi connectivity index (χ4v) is 4.45. The number of aromatic nitrogens is 2. The van der Waals surface area contributed by atoms with E-state index in [9.17, 15) is 4.79 Å². The molecule has 2 heterocycles. The predicted octanol–water partition coefficient (Wildman–Crippen LogP) is 5.79. The van der Waals surface area contributed by atoms with Gasteiger partial charge in [0.2, 0.25) is 5.91 Å². The summed E-state index contributed by atoms with van der Waals surface area (Å²) in [5, 5.41) is 7.33. The second-order valence-corrected chi connectivity index (χ2v) is 7.78. The lowest BCUT2D eigenvalue weighted by Crippen LogP contribution is -2.13. The number of carbonyl (C=O) groups excluding carboxylic acids is 1. The largest absolute Gasteiger partial charge is 0.326 e. The number of anilines is 1. The average molecular weight is 398 g/mol. The Kier molecular flexibility index (Phi) is 4.58. The maximum Gasteiger partial charge on any atom is 0.224 e. The zero-order valence-corrected chi connectivity index (χ0v) is 16.5. The van der Waals surface area contributed by atoms with Crippen LogP contribution in [0, 0.1) is 0 Å². The summed E-state index contributed by atoms with van der Waals surface area (Å²) < 4.78 is 2.10. The number of amides is 1. The Morgan fingerprint density at radius 3 is 2.66 bits per heavy atom. The number of imidazole rings is 1. The second-order valence-electron chi connectivity index (χ2n) is 6.95. The fraction of sp³-hybridized carbons (Fsp3) is 0.0833. The van der Waals surface area contributed by atoms with Crippen LogP contribution in [0.2, 0.25) is 0 Å². The predicted molar refractivity (Wildman–Crippen MR) is 119 cm³/mol. The van der Waals surface area contributed by atoms with Crippen molar-refractivity contribution in [1.29, 1.82) is 0 Å². The summed E-state index contributed by atoms with van der Waals surface area (Å²) in [5.41, 5.74) is 4.02. The number of aryl methyl sites for hydroxylation is 1. The highest BCUT2D eigenvalue weighted by molar-refractivity contribution is 7.15. The summed E-state index contributed by atoms with van der Waals surface area (Å²) >= 11 is 1.61.